The van der Waals surface area contributed by atoms with Gasteiger partial charge in [-0.25, -0.2) is 4.98 Å². The van der Waals surface area contributed by atoms with Crippen LogP contribution in [0.5, 0.6) is 0 Å². The maximum absolute atomic E-state index is 13.4. The van der Waals surface area contributed by atoms with Crippen LogP contribution in [0.25, 0.3) is 10.9 Å². The predicted molar refractivity (Wildman–Crippen MR) is 138 cm³/mol. The molecule has 0 aliphatic carbocycles. The fourth-order valence-corrected chi connectivity index (χ4v) is 4.86. The number of hydrogen-bond acceptors (Lipinski definition) is 3. The van der Waals surface area contributed by atoms with E-state index < -0.39 is 11.7 Å². The lowest BCUT2D eigenvalue weighted by Gasteiger charge is -2.41. The number of fused-ring (bicyclic) bond motifs is 1. The third-order valence-corrected chi connectivity index (χ3v) is 6.84. The van der Waals surface area contributed by atoms with E-state index >= 15 is 0 Å². The van der Waals surface area contributed by atoms with Gasteiger partial charge in [0.15, 0.2) is 0 Å². The largest absolute Gasteiger partial charge is 0.416 e. The number of alkyl halides is 3. The zero-order valence-electron chi connectivity index (χ0n) is 20.6. The highest BCUT2D eigenvalue weighted by Gasteiger charge is 2.36. The molecule has 5 rings (SSSR count). The van der Waals surface area contributed by atoms with Crippen molar-refractivity contribution in [3.8, 4) is 0 Å². The van der Waals surface area contributed by atoms with Crippen LogP contribution in [0.15, 0.2) is 91.0 Å². The standard InChI is InChI=1S/C30H26F3N3O2/c31-30(32,33)24-11-6-9-22(17-24)18-36-25(15-13-21-7-2-1-3-8-21)19-35(20-28(36)37)29(38)27-16-14-23-10-4-5-12-26(23)34-27/h1-12,14,16-17,25H,13,15,18-20H2/t25-/m0/s1. The third-order valence-electron chi connectivity index (χ3n) is 6.84. The summed E-state index contributed by atoms with van der Waals surface area (Å²) in [5, 5.41) is 0.909. The first kappa shape index (κ1) is 25.4. The molecule has 2 heterocycles. The van der Waals surface area contributed by atoms with E-state index in [1.54, 1.807) is 17.0 Å². The van der Waals surface area contributed by atoms with Crippen LogP contribution in [0.4, 0.5) is 13.2 Å². The Labute approximate surface area is 218 Å². The van der Waals surface area contributed by atoms with Crippen LogP contribution in [-0.4, -0.2) is 45.7 Å². The zero-order chi connectivity index (χ0) is 26.7. The van der Waals surface area contributed by atoms with E-state index in [0.29, 0.717) is 23.9 Å². The van der Waals surface area contributed by atoms with Crippen molar-refractivity contribution >= 4 is 22.7 Å². The maximum Gasteiger partial charge on any atom is 0.416 e. The van der Waals surface area contributed by atoms with Crippen LogP contribution in [0, 0.1) is 0 Å². The number of carbonyl (C=O) groups excluding carboxylic acids is 2. The minimum absolute atomic E-state index is 0.0401. The summed E-state index contributed by atoms with van der Waals surface area (Å²) in [6.07, 6.45) is -3.25. The molecule has 194 valence electrons. The molecule has 1 aliphatic rings. The Morgan fingerprint density at radius 1 is 0.895 bits per heavy atom. The highest BCUT2D eigenvalue weighted by molar-refractivity contribution is 5.97. The fraction of sp³-hybridized carbons (Fsp3) is 0.233. The number of halogens is 3. The minimum Gasteiger partial charge on any atom is -0.332 e. The van der Waals surface area contributed by atoms with E-state index in [4.69, 9.17) is 0 Å². The monoisotopic (exact) mass is 517 g/mol. The minimum atomic E-state index is -4.47. The van der Waals surface area contributed by atoms with Crippen molar-refractivity contribution < 1.29 is 22.8 Å². The molecule has 4 aromatic rings. The molecular formula is C30H26F3N3O2. The van der Waals surface area contributed by atoms with E-state index in [9.17, 15) is 22.8 Å². The first-order valence-corrected chi connectivity index (χ1v) is 12.4. The summed E-state index contributed by atoms with van der Waals surface area (Å²) in [5.74, 6) is -0.645. The summed E-state index contributed by atoms with van der Waals surface area (Å²) in [4.78, 5) is 34.3. The Morgan fingerprint density at radius 2 is 1.63 bits per heavy atom. The molecule has 0 unspecified atom stereocenters. The molecule has 5 nitrogen and oxygen atoms in total. The molecule has 0 N–H and O–H groups in total. The van der Waals surface area contributed by atoms with Gasteiger partial charge in [0.2, 0.25) is 5.91 Å². The van der Waals surface area contributed by atoms with Gasteiger partial charge in [-0.05, 0) is 48.2 Å². The number of aryl methyl sites for hydroxylation is 1. The van der Waals surface area contributed by atoms with Crippen LogP contribution in [0.2, 0.25) is 0 Å². The van der Waals surface area contributed by atoms with Gasteiger partial charge in [0.1, 0.15) is 12.2 Å². The molecule has 38 heavy (non-hydrogen) atoms. The summed E-state index contributed by atoms with van der Waals surface area (Å²) >= 11 is 0. The lowest BCUT2D eigenvalue weighted by atomic mass is 10.00. The van der Waals surface area contributed by atoms with Crippen LogP contribution in [-0.2, 0) is 23.9 Å². The van der Waals surface area contributed by atoms with Gasteiger partial charge < -0.3 is 9.80 Å². The lowest BCUT2D eigenvalue weighted by molar-refractivity contribution is -0.139. The number of pyridine rings is 1. The molecule has 1 atom stereocenters. The Morgan fingerprint density at radius 3 is 2.42 bits per heavy atom. The second-order valence-electron chi connectivity index (χ2n) is 9.47. The number of amides is 2. The molecule has 2 amide bonds. The third kappa shape index (κ3) is 5.69. The molecule has 1 aliphatic heterocycles. The second kappa shape index (κ2) is 10.7. The average molecular weight is 518 g/mol. The second-order valence-corrected chi connectivity index (χ2v) is 9.47. The van der Waals surface area contributed by atoms with E-state index in [1.807, 2.05) is 60.7 Å². The molecule has 1 aromatic heterocycles. The first-order chi connectivity index (χ1) is 18.3. The van der Waals surface area contributed by atoms with Gasteiger partial charge >= 0.3 is 6.18 Å². The molecular weight excluding hydrogens is 491 g/mol. The number of para-hydroxylation sites is 1. The van der Waals surface area contributed by atoms with Crippen molar-refractivity contribution in [3.05, 3.63) is 113 Å². The Bertz CT molecular complexity index is 1460. The van der Waals surface area contributed by atoms with Crippen molar-refractivity contribution in [2.24, 2.45) is 0 Å². The number of piperazine rings is 1. The summed E-state index contributed by atoms with van der Waals surface area (Å²) in [6.45, 7) is 0.150. The molecule has 8 heteroatoms. The molecule has 0 bridgehead atoms. The zero-order valence-corrected chi connectivity index (χ0v) is 20.6. The quantitative estimate of drug-likeness (QED) is 0.328. The lowest BCUT2D eigenvalue weighted by Crippen LogP contribution is -2.57. The van der Waals surface area contributed by atoms with E-state index in [1.165, 1.54) is 11.0 Å². The Balaban J connectivity index is 1.39. The van der Waals surface area contributed by atoms with Crippen molar-refractivity contribution in [3.63, 3.8) is 0 Å². The average Bonchev–Trinajstić information content (AvgIpc) is 2.93. The molecule has 1 saturated heterocycles. The number of carbonyl (C=O) groups is 2. The van der Waals surface area contributed by atoms with Crippen LogP contribution < -0.4 is 0 Å². The maximum atomic E-state index is 13.4. The van der Waals surface area contributed by atoms with Gasteiger partial charge in [0.05, 0.1) is 17.1 Å². The van der Waals surface area contributed by atoms with Gasteiger partial charge in [0.25, 0.3) is 5.91 Å². The number of rotatable bonds is 6. The van der Waals surface area contributed by atoms with Gasteiger partial charge in [-0.15, -0.1) is 0 Å². The molecule has 0 spiro atoms. The first-order valence-electron chi connectivity index (χ1n) is 12.4. The predicted octanol–water partition coefficient (Wildman–Crippen LogP) is 5.74. The van der Waals surface area contributed by atoms with E-state index in [0.717, 1.165) is 23.1 Å². The Hall–Kier alpha value is -4.20. The normalized spacial score (nSPS) is 16.2. The van der Waals surface area contributed by atoms with Crippen LogP contribution in [0.1, 0.15) is 33.6 Å². The summed E-state index contributed by atoms with van der Waals surface area (Å²) in [7, 11) is 0. The molecule has 0 radical (unpaired) electrons. The molecule has 1 fully saturated rings. The summed E-state index contributed by atoms with van der Waals surface area (Å²) in [6, 6.07) is 25.4. The molecule has 3 aromatic carbocycles. The van der Waals surface area contributed by atoms with Crippen molar-refractivity contribution in [2.75, 3.05) is 13.1 Å². The highest BCUT2D eigenvalue weighted by atomic mass is 19.4. The van der Waals surface area contributed by atoms with E-state index in [-0.39, 0.29) is 43.2 Å². The number of benzene rings is 3. The summed E-state index contributed by atoms with van der Waals surface area (Å²) in [5.41, 5.74) is 1.67. The molecule has 0 saturated carbocycles. The van der Waals surface area contributed by atoms with Crippen LogP contribution >= 0.6 is 0 Å². The van der Waals surface area contributed by atoms with Gasteiger partial charge in [-0.1, -0.05) is 66.7 Å². The SMILES string of the molecule is O=C(c1ccc2ccccc2n1)N1CC(=O)N(Cc2cccc(C(F)(F)F)c2)[C@@H](CCc2ccccc2)C1. The van der Waals surface area contributed by atoms with Gasteiger partial charge in [-0.3, -0.25) is 9.59 Å². The van der Waals surface area contributed by atoms with Crippen LogP contribution in [0.3, 0.4) is 0 Å². The van der Waals surface area contributed by atoms with E-state index in [2.05, 4.69) is 4.98 Å². The topological polar surface area (TPSA) is 53.5 Å². The van der Waals surface area contributed by atoms with Crippen molar-refractivity contribution in [2.45, 2.75) is 31.6 Å². The highest BCUT2D eigenvalue weighted by Crippen LogP contribution is 2.30. The number of aromatic nitrogens is 1. The Kier molecular flexibility index (Phi) is 7.13. The smallest absolute Gasteiger partial charge is 0.332 e. The number of nitrogens with zero attached hydrogens (tertiary/aromatic N) is 3. The van der Waals surface area contributed by atoms with Crippen molar-refractivity contribution in [1.82, 2.24) is 14.8 Å². The van der Waals surface area contributed by atoms with Gasteiger partial charge in [0, 0.05) is 18.5 Å². The van der Waals surface area contributed by atoms with Gasteiger partial charge in [-0.2, -0.15) is 13.2 Å². The van der Waals surface area contributed by atoms with Crippen molar-refractivity contribution in [1.29, 1.82) is 0 Å². The summed E-state index contributed by atoms with van der Waals surface area (Å²) < 4.78 is 39.8. The fourth-order valence-electron chi connectivity index (χ4n) is 4.86. The number of hydrogen-bond donors (Lipinski definition) is 0.